The molecule has 0 amide bonds. The third-order valence-corrected chi connectivity index (χ3v) is 5.01. The van der Waals surface area contributed by atoms with Crippen molar-refractivity contribution in [3.8, 4) is 34.5 Å². The lowest BCUT2D eigenvalue weighted by Gasteiger charge is -2.22. The molecule has 1 unspecified atom stereocenters. The summed E-state index contributed by atoms with van der Waals surface area (Å²) in [7, 11) is 4.41. The fourth-order valence-corrected chi connectivity index (χ4v) is 3.64. The standard InChI is InChI=1S/C21H20O9/c1-25-16-4-10(5-17(26-2)20(16)27-3)18(19-13(23)8-28-21(19)24)11-6-14-15(7-12(11)22)30-9-29-14/h4-7,18,22-23H,8-9H2,1-3H3. The molecule has 2 aromatic rings. The van der Waals surface area contributed by atoms with Gasteiger partial charge in [0.25, 0.3) is 0 Å². The van der Waals surface area contributed by atoms with Gasteiger partial charge in [0.15, 0.2) is 23.0 Å². The molecule has 0 fully saturated rings. The van der Waals surface area contributed by atoms with E-state index in [-0.39, 0.29) is 30.5 Å². The molecule has 0 aromatic heterocycles. The molecule has 158 valence electrons. The summed E-state index contributed by atoms with van der Waals surface area (Å²) in [4.78, 5) is 12.5. The summed E-state index contributed by atoms with van der Waals surface area (Å²) in [6, 6.07) is 6.25. The molecule has 9 heteroatoms. The Morgan fingerprint density at radius 1 is 0.900 bits per heavy atom. The Balaban J connectivity index is 1.97. The Morgan fingerprint density at radius 3 is 2.07 bits per heavy atom. The van der Waals surface area contributed by atoms with Crippen LogP contribution in [0.15, 0.2) is 35.6 Å². The molecule has 2 aliphatic rings. The van der Waals surface area contributed by atoms with E-state index in [1.54, 1.807) is 18.2 Å². The monoisotopic (exact) mass is 416 g/mol. The summed E-state index contributed by atoms with van der Waals surface area (Å²) in [6.07, 6.45) is 0. The summed E-state index contributed by atoms with van der Waals surface area (Å²) >= 11 is 0. The molecule has 0 bridgehead atoms. The fourth-order valence-electron chi connectivity index (χ4n) is 3.64. The van der Waals surface area contributed by atoms with E-state index in [0.29, 0.717) is 39.9 Å². The molecule has 2 aliphatic heterocycles. The lowest BCUT2D eigenvalue weighted by atomic mass is 9.83. The maximum absolute atomic E-state index is 12.5. The molecule has 2 aromatic carbocycles. The molecular weight excluding hydrogens is 396 g/mol. The van der Waals surface area contributed by atoms with Gasteiger partial charge in [0.1, 0.15) is 18.1 Å². The lowest BCUT2D eigenvalue weighted by Crippen LogP contribution is -2.13. The van der Waals surface area contributed by atoms with Crippen molar-refractivity contribution >= 4 is 5.97 Å². The Bertz CT molecular complexity index is 1020. The van der Waals surface area contributed by atoms with Crippen molar-refractivity contribution in [2.24, 2.45) is 0 Å². The zero-order valence-electron chi connectivity index (χ0n) is 16.6. The van der Waals surface area contributed by atoms with Gasteiger partial charge in [0, 0.05) is 17.5 Å². The van der Waals surface area contributed by atoms with Gasteiger partial charge in [-0.3, -0.25) is 0 Å². The molecule has 2 heterocycles. The van der Waals surface area contributed by atoms with E-state index in [0.717, 1.165) is 0 Å². The number of benzene rings is 2. The second-order valence-corrected chi connectivity index (χ2v) is 6.59. The normalized spacial score (nSPS) is 15.8. The number of phenolic OH excluding ortho intramolecular Hbond substituents is 1. The van der Waals surface area contributed by atoms with Crippen molar-refractivity contribution in [1.82, 2.24) is 0 Å². The van der Waals surface area contributed by atoms with Crippen LogP contribution in [0.5, 0.6) is 34.5 Å². The summed E-state index contributed by atoms with van der Waals surface area (Å²) in [5.74, 6) is -0.101. The van der Waals surface area contributed by atoms with Crippen LogP contribution in [0.25, 0.3) is 0 Å². The van der Waals surface area contributed by atoms with Gasteiger partial charge in [0.05, 0.1) is 26.9 Å². The Morgan fingerprint density at radius 2 is 1.53 bits per heavy atom. The maximum Gasteiger partial charge on any atom is 0.338 e. The van der Waals surface area contributed by atoms with Gasteiger partial charge in [-0.25, -0.2) is 4.79 Å². The molecule has 1 atom stereocenters. The second kappa shape index (κ2) is 7.58. The number of fused-ring (bicyclic) bond motifs is 1. The predicted octanol–water partition coefficient (Wildman–Crippen LogP) is 2.65. The van der Waals surface area contributed by atoms with Gasteiger partial charge in [-0.1, -0.05) is 0 Å². The first-order chi connectivity index (χ1) is 14.5. The molecule has 0 saturated heterocycles. The van der Waals surface area contributed by atoms with E-state index in [9.17, 15) is 15.0 Å². The summed E-state index contributed by atoms with van der Waals surface area (Å²) in [5.41, 5.74) is 0.812. The van der Waals surface area contributed by atoms with Crippen LogP contribution in [0, 0.1) is 0 Å². The number of carbonyl (C=O) groups is 1. The second-order valence-electron chi connectivity index (χ2n) is 6.59. The average Bonchev–Trinajstić information content (AvgIpc) is 3.33. The van der Waals surface area contributed by atoms with Crippen molar-refractivity contribution in [3.05, 3.63) is 46.7 Å². The topological polar surface area (TPSA) is 113 Å². The van der Waals surface area contributed by atoms with Crippen LogP contribution in [-0.2, 0) is 9.53 Å². The molecule has 4 rings (SSSR count). The number of aliphatic hydroxyl groups excluding tert-OH is 1. The smallest absolute Gasteiger partial charge is 0.338 e. The van der Waals surface area contributed by atoms with E-state index in [2.05, 4.69) is 0 Å². The number of aromatic hydroxyl groups is 1. The van der Waals surface area contributed by atoms with E-state index < -0.39 is 11.9 Å². The van der Waals surface area contributed by atoms with Crippen LogP contribution in [0.4, 0.5) is 0 Å². The highest BCUT2D eigenvalue weighted by Gasteiger charge is 2.37. The third kappa shape index (κ3) is 3.08. The Kier molecular flexibility index (Phi) is 4.94. The first kappa shape index (κ1) is 19.6. The van der Waals surface area contributed by atoms with Crippen LogP contribution in [-0.4, -0.2) is 50.9 Å². The Hall–Kier alpha value is -3.75. The predicted molar refractivity (Wildman–Crippen MR) is 103 cm³/mol. The zero-order chi connectivity index (χ0) is 21.4. The van der Waals surface area contributed by atoms with E-state index in [1.807, 2.05) is 0 Å². The molecule has 30 heavy (non-hydrogen) atoms. The molecular formula is C21H20O9. The molecule has 2 N–H and O–H groups in total. The van der Waals surface area contributed by atoms with Crippen molar-refractivity contribution in [2.75, 3.05) is 34.7 Å². The lowest BCUT2D eigenvalue weighted by molar-refractivity contribution is -0.136. The van der Waals surface area contributed by atoms with Crippen molar-refractivity contribution in [3.63, 3.8) is 0 Å². The summed E-state index contributed by atoms with van der Waals surface area (Å²) in [6.45, 7) is -0.233. The van der Waals surface area contributed by atoms with E-state index in [1.165, 1.54) is 27.4 Å². The molecule has 0 aliphatic carbocycles. The highest BCUT2D eigenvalue weighted by Crippen LogP contribution is 2.48. The molecule has 0 saturated carbocycles. The minimum absolute atomic E-state index is 0.00145. The van der Waals surface area contributed by atoms with Crippen molar-refractivity contribution < 1.29 is 43.4 Å². The Labute approximate surface area is 172 Å². The van der Waals surface area contributed by atoms with Gasteiger partial charge in [-0.2, -0.15) is 0 Å². The number of phenols is 1. The van der Waals surface area contributed by atoms with Crippen LogP contribution in [0.3, 0.4) is 0 Å². The number of esters is 1. The highest BCUT2D eigenvalue weighted by molar-refractivity contribution is 5.94. The quantitative estimate of drug-likeness (QED) is 0.686. The van der Waals surface area contributed by atoms with Gasteiger partial charge < -0.3 is 38.6 Å². The SMILES string of the molecule is COc1cc(C(C2=C(O)COC2=O)c2cc3c(cc2O)OCO3)cc(OC)c1OC. The summed E-state index contributed by atoms with van der Waals surface area (Å²) in [5, 5.41) is 21.1. The summed E-state index contributed by atoms with van der Waals surface area (Å²) < 4.78 is 31.9. The number of hydrogen-bond acceptors (Lipinski definition) is 9. The van der Waals surface area contributed by atoms with Crippen LogP contribution in [0.1, 0.15) is 17.0 Å². The van der Waals surface area contributed by atoms with E-state index in [4.69, 9.17) is 28.4 Å². The maximum atomic E-state index is 12.5. The minimum atomic E-state index is -0.900. The largest absolute Gasteiger partial charge is 0.508 e. The van der Waals surface area contributed by atoms with Crippen molar-refractivity contribution in [2.45, 2.75) is 5.92 Å². The number of methoxy groups -OCH3 is 3. The number of ether oxygens (including phenoxy) is 6. The average molecular weight is 416 g/mol. The fraction of sp³-hybridized carbons (Fsp3) is 0.286. The van der Waals surface area contributed by atoms with E-state index >= 15 is 0 Å². The first-order valence-corrected chi connectivity index (χ1v) is 9.00. The van der Waals surface area contributed by atoms with Crippen LogP contribution < -0.4 is 23.7 Å². The van der Waals surface area contributed by atoms with Gasteiger partial charge >= 0.3 is 5.97 Å². The number of cyclic esters (lactones) is 1. The molecule has 9 nitrogen and oxygen atoms in total. The highest BCUT2D eigenvalue weighted by atomic mass is 16.7. The van der Waals surface area contributed by atoms with Crippen molar-refractivity contribution in [1.29, 1.82) is 0 Å². The van der Waals surface area contributed by atoms with Crippen LogP contribution >= 0.6 is 0 Å². The molecule has 0 spiro atoms. The number of carbonyl (C=O) groups excluding carboxylic acids is 1. The van der Waals surface area contributed by atoms with Crippen LogP contribution in [0.2, 0.25) is 0 Å². The minimum Gasteiger partial charge on any atom is -0.508 e. The van der Waals surface area contributed by atoms with Gasteiger partial charge in [0.2, 0.25) is 12.5 Å². The van der Waals surface area contributed by atoms with Gasteiger partial charge in [-0.15, -0.1) is 0 Å². The van der Waals surface area contributed by atoms with Gasteiger partial charge in [-0.05, 0) is 23.8 Å². The number of rotatable bonds is 6. The number of aliphatic hydroxyl groups is 1. The zero-order valence-corrected chi connectivity index (χ0v) is 16.6. The third-order valence-electron chi connectivity index (χ3n) is 5.01. The first-order valence-electron chi connectivity index (χ1n) is 9.00. The molecule has 0 radical (unpaired) electrons. The number of hydrogen-bond donors (Lipinski definition) is 2.